The fourth-order valence-corrected chi connectivity index (χ4v) is 5.20. The molecule has 0 saturated carbocycles. The second-order valence-corrected chi connectivity index (χ2v) is 10.5. The molecule has 1 aromatic carbocycles. The van der Waals surface area contributed by atoms with Gasteiger partial charge in [0.1, 0.15) is 17.5 Å². The molecular weight excluding hydrogens is 456 g/mol. The molecule has 1 fully saturated rings. The molecule has 1 atom stereocenters. The molecule has 11 heteroatoms. The molecule has 1 saturated heterocycles. The third-order valence-electron chi connectivity index (χ3n) is 6.20. The quantitative estimate of drug-likeness (QED) is 0.471. The van der Waals surface area contributed by atoms with E-state index in [1.54, 1.807) is 6.20 Å². The van der Waals surface area contributed by atoms with E-state index < -0.39 is 0 Å². The van der Waals surface area contributed by atoms with Crippen LogP contribution in [0.4, 0.5) is 23.1 Å². The molecule has 4 rings (SSSR count). The van der Waals surface area contributed by atoms with Crippen LogP contribution in [0.3, 0.4) is 0 Å². The van der Waals surface area contributed by atoms with Crippen molar-refractivity contribution in [3.63, 3.8) is 0 Å². The summed E-state index contributed by atoms with van der Waals surface area (Å²) in [6.07, 6.45) is 4.04. The van der Waals surface area contributed by atoms with Gasteiger partial charge in [-0.25, -0.2) is 9.99 Å². The lowest BCUT2D eigenvalue weighted by atomic mass is 9.79. The van der Waals surface area contributed by atoms with Crippen LogP contribution >= 0.6 is 0 Å². The van der Waals surface area contributed by atoms with Gasteiger partial charge in [-0.1, -0.05) is 13.0 Å². The Balaban J connectivity index is 1.52. The minimum absolute atomic E-state index is 0.0260. The van der Waals surface area contributed by atoms with Gasteiger partial charge in [0.05, 0.1) is 18.5 Å². The number of hydrogen-bond acceptors (Lipinski definition) is 11. The van der Waals surface area contributed by atoms with Crippen LogP contribution in [0.25, 0.3) is 0 Å². The number of benzene rings is 1. The van der Waals surface area contributed by atoms with Crippen molar-refractivity contribution < 1.29 is 4.84 Å². The Morgan fingerprint density at radius 1 is 1.17 bits per heavy atom. The number of anilines is 4. The number of hydroxylamine groups is 1. The van der Waals surface area contributed by atoms with Crippen LogP contribution in [0, 0.1) is 11.3 Å². The minimum atomic E-state index is -0.124. The normalized spacial score (nSPS) is 20.9. The molecular formula is C25H36N10O. The Hall–Kier alpha value is -3.49. The average molecular weight is 493 g/mol. The average Bonchev–Trinajstić information content (AvgIpc) is 3.20. The second-order valence-electron chi connectivity index (χ2n) is 10.5. The smallest absolute Gasteiger partial charge is 0.229 e. The first-order valence-corrected chi connectivity index (χ1v) is 12.5. The van der Waals surface area contributed by atoms with Gasteiger partial charge in [-0.2, -0.15) is 10.2 Å². The SMILES string of the molecule is CCON1N=NN(c2cccc(Nc3ncc(C#N)c(NC4CC(C)(C)NC(C)(C)C4)n3)c2)C1CC. The van der Waals surface area contributed by atoms with E-state index in [1.165, 1.54) is 5.17 Å². The van der Waals surface area contributed by atoms with Gasteiger partial charge in [-0.3, -0.25) is 4.84 Å². The van der Waals surface area contributed by atoms with Gasteiger partial charge in [0.15, 0.2) is 6.17 Å². The summed E-state index contributed by atoms with van der Waals surface area (Å²) in [6.45, 7) is 13.3. The predicted molar refractivity (Wildman–Crippen MR) is 139 cm³/mol. The number of nitrogens with one attached hydrogen (secondary N) is 3. The van der Waals surface area contributed by atoms with Gasteiger partial charge in [0.25, 0.3) is 0 Å². The van der Waals surface area contributed by atoms with Crippen molar-refractivity contribution in [1.82, 2.24) is 20.5 Å². The molecule has 1 aromatic heterocycles. The molecule has 11 nitrogen and oxygen atoms in total. The van der Waals surface area contributed by atoms with E-state index >= 15 is 0 Å². The lowest BCUT2D eigenvalue weighted by molar-refractivity contribution is -0.174. The van der Waals surface area contributed by atoms with Crippen molar-refractivity contribution in [2.45, 2.75) is 84.1 Å². The zero-order chi connectivity index (χ0) is 25.9. The number of rotatable bonds is 8. The Labute approximate surface area is 212 Å². The molecule has 0 bridgehead atoms. The Kier molecular flexibility index (Phi) is 7.28. The Bertz CT molecular complexity index is 1130. The van der Waals surface area contributed by atoms with Crippen molar-refractivity contribution in [1.29, 1.82) is 5.26 Å². The summed E-state index contributed by atoms with van der Waals surface area (Å²) >= 11 is 0. The van der Waals surface area contributed by atoms with Gasteiger partial charge in [-0.15, -0.1) is 5.17 Å². The Morgan fingerprint density at radius 3 is 2.58 bits per heavy atom. The molecule has 2 aromatic rings. The van der Waals surface area contributed by atoms with Crippen molar-refractivity contribution >= 4 is 23.1 Å². The second kappa shape index (κ2) is 10.2. The lowest BCUT2D eigenvalue weighted by Gasteiger charge is -2.46. The predicted octanol–water partition coefficient (Wildman–Crippen LogP) is 4.90. The molecule has 0 amide bonds. The zero-order valence-electron chi connectivity index (χ0n) is 21.9. The maximum absolute atomic E-state index is 9.66. The topological polar surface area (TPSA) is 126 Å². The summed E-state index contributed by atoms with van der Waals surface area (Å²) < 4.78 is 0. The number of nitriles is 1. The lowest BCUT2D eigenvalue weighted by Crippen LogP contribution is -2.60. The molecule has 192 valence electrons. The maximum atomic E-state index is 9.66. The van der Waals surface area contributed by atoms with Gasteiger partial charge in [0.2, 0.25) is 5.95 Å². The van der Waals surface area contributed by atoms with Gasteiger partial charge in [-0.05, 0) is 82.5 Å². The summed E-state index contributed by atoms with van der Waals surface area (Å²) in [6, 6.07) is 10.2. The summed E-state index contributed by atoms with van der Waals surface area (Å²) in [5.74, 6) is 0.948. The van der Waals surface area contributed by atoms with Crippen molar-refractivity contribution in [2.24, 2.45) is 10.4 Å². The van der Waals surface area contributed by atoms with E-state index in [2.05, 4.69) is 77.1 Å². The molecule has 3 N–H and O–H groups in total. The zero-order valence-corrected chi connectivity index (χ0v) is 21.9. The highest BCUT2D eigenvalue weighted by molar-refractivity contribution is 5.64. The minimum Gasteiger partial charge on any atom is -0.366 e. The van der Waals surface area contributed by atoms with Gasteiger partial charge < -0.3 is 16.0 Å². The van der Waals surface area contributed by atoms with Crippen LogP contribution in [0.2, 0.25) is 0 Å². The van der Waals surface area contributed by atoms with Crippen LogP contribution in [-0.2, 0) is 4.84 Å². The van der Waals surface area contributed by atoms with Gasteiger partial charge in [0, 0.05) is 22.8 Å². The monoisotopic (exact) mass is 492 g/mol. The van der Waals surface area contributed by atoms with E-state index in [0.29, 0.717) is 23.9 Å². The largest absolute Gasteiger partial charge is 0.366 e. The molecule has 3 heterocycles. The summed E-state index contributed by atoms with van der Waals surface area (Å²) in [5.41, 5.74) is 2.03. The number of hydrogen-bond donors (Lipinski definition) is 3. The molecule has 0 spiro atoms. The number of nitrogens with zero attached hydrogens (tertiary/aromatic N) is 7. The third-order valence-corrected chi connectivity index (χ3v) is 6.20. The van der Waals surface area contributed by atoms with Crippen molar-refractivity contribution in [3.05, 3.63) is 36.0 Å². The highest BCUT2D eigenvalue weighted by atomic mass is 16.7. The molecule has 0 radical (unpaired) electrons. The van der Waals surface area contributed by atoms with E-state index in [0.717, 1.165) is 30.6 Å². The summed E-state index contributed by atoms with van der Waals surface area (Å²) in [5, 5.41) is 31.9. The first kappa shape index (κ1) is 25.6. The summed E-state index contributed by atoms with van der Waals surface area (Å²) in [7, 11) is 0. The highest BCUT2D eigenvalue weighted by Crippen LogP contribution is 2.32. The van der Waals surface area contributed by atoms with Gasteiger partial charge >= 0.3 is 0 Å². The van der Waals surface area contributed by atoms with Crippen LogP contribution in [0.15, 0.2) is 40.9 Å². The van der Waals surface area contributed by atoms with Crippen LogP contribution in [0.5, 0.6) is 0 Å². The third kappa shape index (κ3) is 5.83. The van der Waals surface area contributed by atoms with E-state index in [4.69, 9.17) is 4.84 Å². The van der Waals surface area contributed by atoms with Crippen molar-refractivity contribution in [3.8, 4) is 6.07 Å². The molecule has 2 aliphatic heterocycles. The van der Waals surface area contributed by atoms with E-state index in [1.807, 2.05) is 36.2 Å². The van der Waals surface area contributed by atoms with Crippen LogP contribution < -0.4 is 21.0 Å². The highest BCUT2D eigenvalue weighted by Gasteiger charge is 2.38. The fraction of sp³-hybridized carbons (Fsp3) is 0.560. The first-order chi connectivity index (χ1) is 17.1. The van der Waals surface area contributed by atoms with Crippen molar-refractivity contribution in [2.75, 3.05) is 22.2 Å². The van der Waals surface area contributed by atoms with Crippen LogP contribution in [-0.4, -0.2) is 45.0 Å². The molecule has 36 heavy (non-hydrogen) atoms. The van der Waals surface area contributed by atoms with Crippen LogP contribution in [0.1, 0.15) is 66.4 Å². The fourth-order valence-electron chi connectivity index (χ4n) is 5.20. The number of aromatic nitrogens is 2. The van der Waals surface area contributed by atoms with E-state index in [9.17, 15) is 5.26 Å². The standard InChI is InChI=1S/C25H36N10O/c1-7-21-34(32-33-35(21)36-8-2)20-11-9-10-18(12-20)29-23-27-16-17(15-26)22(30-23)28-19-13-24(3,4)31-25(5,6)14-19/h9-12,16,19,21,31H,7-8,13-14H2,1-6H3,(H2,27,28,29,30). The summed E-state index contributed by atoms with van der Waals surface area (Å²) in [4.78, 5) is 14.6. The Morgan fingerprint density at radius 2 is 1.92 bits per heavy atom. The van der Waals surface area contributed by atoms with E-state index in [-0.39, 0.29) is 23.3 Å². The first-order valence-electron chi connectivity index (χ1n) is 12.5. The molecule has 2 aliphatic rings. The molecule has 0 aliphatic carbocycles. The maximum Gasteiger partial charge on any atom is 0.229 e. The molecule has 1 unspecified atom stereocenters. The number of piperidine rings is 1.